The zero-order valence-corrected chi connectivity index (χ0v) is 13.6. The third kappa shape index (κ3) is 4.39. The number of thiophene rings is 1. The number of alkyl halides is 3. The van der Waals surface area contributed by atoms with Gasteiger partial charge in [0.25, 0.3) is 0 Å². The first-order valence-electron chi connectivity index (χ1n) is 7.08. The Hall–Kier alpha value is -2.88. The average Bonchev–Trinajstić information content (AvgIpc) is 3.00. The molecule has 2 aromatic heterocycles. The molecule has 4 nitrogen and oxygen atoms in total. The molecule has 3 rings (SSSR count). The van der Waals surface area contributed by atoms with Crippen molar-refractivity contribution < 1.29 is 22.0 Å². The van der Waals surface area contributed by atoms with Crippen molar-refractivity contribution in [2.24, 2.45) is 5.10 Å². The molecule has 1 aromatic carbocycles. The van der Waals surface area contributed by atoms with Gasteiger partial charge in [0.05, 0.1) is 16.8 Å². The van der Waals surface area contributed by atoms with Gasteiger partial charge in [0.2, 0.25) is 5.95 Å². The molecule has 0 aliphatic heterocycles. The van der Waals surface area contributed by atoms with Gasteiger partial charge in [-0.15, -0.1) is 11.3 Å². The van der Waals surface area contributed by atoms with E-state index in [4.69, 9.17) is 0 Å². The summed E-state index contributed by atoms with van der Waals surface area (Å²) in [5.74, 6) is -0.919. The van der Waals surface area contributed by atoms with Crippen LogP contribution in [0.3, 0.4) is 0 Å². The standard InChI is InChI=1S/C16H9F5N4S/c17-10-3-1-9(2-4-10)12-7-13(16(19,20)21)24-15(23-12)25-22-8-11-5-6-14(18)26-11/h1-8H,(H,23,24,25)/b22-8-. The molecule has 26 heavy (non-hydrogen) atoms. The maximum absolute atomic E-state index is 13.1. The highest BCUT2D eigenvalue weighted by molar-refractivity contribution is 7.12. The van der Waals surface area contributed by atoms with Gasteiger partial charge in [-0.25, -0.2) is 19.8 Å². The number of aromatic nitrogens is 2. The number of nitrogens with one attached hydrogen (secondary N) is 1. The van der Waals surface area contributed by atoms with Gasteiger partial charge in [-0.2, -0.15) is 22.7 Å². The van der Waals surface area contributed by atoms with Crippen LogP contribution in [0.15, 0.2) is 47.6 Å². The summed E-state index contributed by atoms with van der Waals surface area (Å²) in [6.07, 6.45) is -3.47. The second-order valence-corrected chi connectivity index (χ2v) is 6.04. The zero-order chi connectivity index (χ0) is 18.7. The Kier molecular flexibility index (Phi) is 4.94. The van der Waals surface area contributed by atoms with Crippen LogP contribution in [0.2, 0.25) is 0 Å². The number of hydrogen-bond donors (Lipinski definition) is 1. The summed E-state index contributed by atoms with van der Waals surface area (Å²) in [5.41, 5.74) is 1.35. The SMILES string of the molecule is Fc1ccc(-c2cc(C(F)(F)F)nc(N/N=C\c3ccc(F)s3)n2)cc1. The van der Waals surface area contributed by atoms with Gasteiger partial charge in [0.1, 0.15) is 5.82 Å². The van der Waals surface area contributed by atoms with E-state index in [2.05, 4.69) is 20.5 Å². The second-order valence-electron chi connectivity index (χ2n) is 4.98. The number of anilines is 1. The van der Waals surface area contributed by atoms with Crippen LogP contribution in [0.4, 0.5) is 27.9 Å². The zero-order valence-electron chi connectivity index (χ0n) is 12.8. The number of hydrazone groups is 1. The molecule has 10 heteroatoms. The summed E-state index contributed by atoms with van der Waals surface area (Å²) >= 11 is 0.819. The number of benzene rings is 1. The number of rotatable bonds is 4. The van der Waals surface area contributed by atoms with E-state index in [1.54, 1.807) is 0 Å². The maximum Gasteiger partial charge on any atom is 0.433 e. The van der Waals surface area contributed by atoms with E-state index < -0.39 is 28.8 Å². The molecule has 0 atom stereocenters. The lowest BCUT2D eigenvalue weighted by molar-refractivity contribution is -0.141. The topological polar surface area (TPSA) is 50.2 Å². The molecular formula is C16H9F5N4S. The van der Waals surface area contributed by atoms with Crippen molar-refractivity contribution in [1.29, 1.82) is 0 Å². The van der Waals surface area contributed by atoms with Gasteiger partial charge in [-0.1, -0.05) is 0 Å². The lowest BCUT2D eigenvalue weighted by Gasteiger charge is -2.10. The fourth-order valence-electron chi connectivity index (χ4n) is 1.96. The first-order chi connectivity index (χ1) is 12.3. The third-order valence-corrected chi connectivity index (χ3v) is 3.92. The minimum atomic E-state index is -4.70. The van der Waals surface area contributed by atoms with Crippen molar-refractivity contribution in [3.63, 3.8) is 0 Å². The third-order valence-electron chi connectivity index (χ3n) is 3.11. The van der Waals surface area contributed by atoms with Crippen molar-refractivity contribution in [3.05, 3.63) is 64.0 Å². The Morgan fingerprint density at radius 3 is 2.35 bits per heavy atom. The summed E-state index contributed by atoms with van der Waals surface area (Å²) in [7, 11) is 0. The smallest absolute Gasteiger partial charge is 0.245 e. The Morgan fingerprint density at radius 1 is 1.00 bits per heavy atom. The largest absolute Gasteiger partial charge is 0.433 e. The van der Waals surface area contributed by atoms with Crippen LogP contribution in [0, 0.1) is 10.9 Å². The number of hydrogen-bond acceptors (Lipinski definition) is 5. The summed E-state index contributed by atoms with van der Waals surface area (Å²) in [5, 5.41) is 3.30. The van der Waals surface area contributed by atoms with Crippen LogP contribution in [0.5, 0.6) is 0 Å². The van der Waals surface area contributed by atoms with Gasteiger partial charge in [0.15, 0.2) is 10.8 Å². The number of halogens is 5. The van der Waals surface area contributed by atoms with E-state index in [0.717, 1.165) is 29.5 Å². The highest BCUT2D eigenvalue weighted by atomic mass is 32.1. The quantitative estimate of drug-likeness (QED) is 0.393. The summed E-state index contributed by atoms with van der Waals surface area (Å²) in [6.45, 7) is 0. The normalized spacial score (nSPS) is 11.9. The molecule has 0 spiro atoms. The van der Waals surface area contributed by atoms with Crippen LogP contribution in [0.1, 0.15) is 10.6 Å². The molecule has 134 valence electrons. The van der Waals surface area contributed by atoms with Crippen molar-refractivity contribution in [2.45, 2.75) is 6.18 Å². The lowest BCUT2D eigenvalue weighted by Crippen LogP contribution is -2.11. The predicted molar refractivity (Wildman–Crippen MR) is 87.9 cm³/mol. The molecule has 0 saturated carbocycles. The molecule has 0 amide bonds. The molecule has 0 fully saturated rings. The summed E-state index contributed by atoms with van der Waals surface area (Å²) < 4.78 is 65.1. The average molecular weight is 384 g/mol. The second kappa shape index (κ2) is 7.16. The van der Waals surface area contributed by atoms with Crippen LogP contribution in [-0.2, 0) is 6.18 Å². The monoisotopic (exact) mass is 384 g/mol. The summed E-state index contributed by atoms with van der Waals surface area (Å²) in [4.78, 5) is 7.79. The molecule has 0 aliphatic rings. The number of nitrogens with zero attached hydrogens (tertiary/aromatic N) is 3. The van der Waals surface area contributed by atoms with Crippen LogP contribution >= 0.6 is 11.3 Å². The van der Waals surface area contributed by atoms with E-state index in [1.165, 1.54) is 30.5 Å². The molecule has 0 bridgehead atoms. The van der Waals surface area contributed by atoms with Gasteiger partial charge < -0.3 is 0 Å². The highest BCUT2D eigenvalue weighted by Crippen LogP contribution is 2.31. The van der Waals surface area contributed by atoms with E-state index in [-0.39, 0.29) is 11.3 Å². The molecule has 0 saturated heterocycles. The van der Waals surface area contributed by atoms with Gasteiger partial charge in [0, 0.05) is 5.56 Å². The minimum absolute atomic E-state index is 0.0489. The van der Waals surface area contributed by atoms with Gasteiger partial charge >= 0.3 is 6.18 Å². The molecule has 0 unspecified atom stereocenters. The first-order valence-corrected chi connectivity index (χ1v) is 7.89. The van der Waals surface area contributed by atoms with Gasteiger partial charge in [-0.3, -0.25) is 0 Å². The van der Waals surface area contributed by atoms with E-state index >= 15 is 0 Å². The molecular weight excluding hydrogens is 375 g/mol. The molecule has 3 aromatic rings. The lowest BCUT2D eigenvalue weighted by atomic mass is 10.1. The van der Waals surface area contributed by atoms with E-state index in [0.29, 0.717) is 4.88 Å². The Balaban J connectivity index is 1.92. The minimum Gasteiger partial charge on any atom is -0.245 e. The summed E-state index contributed by atoms with van der Waals surface area (Å²) in [6, 6.07) is 8.29. The van der Waals surface area contributed by atoms with Crippen molar-refractivity contribution in [2.75, 3.05) is 5.43 Å². The Labute approximate surface area is 148 Å². The first kappa shape index (κ1) is 17.9. The van der Waals surface area contributed by atoms with Crippen molar-refractivity contribution in [1.82, 2.24) is 9.97 Å². The molecule has 0 aliphatic carbocycles. The molecule has 2 heterocycles. The van der Waals surface area contributed by atoms with Crippen molar-refractivity contribution in [3.8, 4) is 11.3 Å². The fraction of sp³-hybridized carbons (Fsp3) is 0.0625. The molecule has 0 radical (unpaired) electrons. The van der Waals surface area contributed by atoms with Gasteiger partial charge in [-0.05, 0) is 42.5 Å². The predicted octanol–water partition coefficient (Wildman–Crippen LogP) is 4.95. The van der Waals surface area contributed by atoms with E-state index in [9.17, 15) is 22.0 Å². The molecule has 1 N–H and O–H groups in total. The Morgan fingerprint density at radius 2 is 1.73 bits per heavy atom. The van der Waals surface area contributed by atoms with E-state index in [1.807, 2.05) is 0 Å². The maximum atomic E-state index is 13.1. The Bertz CT molecular complexity index is 935. The van der Waals surface area contributed by atoms with Crippen LogP contribution in [0.25, 0.3) is 11.3 Å². The van der Waals surface area contributed by atoms with Crippen LogP contribution in [-0.4, -0.2) is 16.2 Å². The van der Waals surface area contributed by atoms with Crippen molar-refractivity contribution >= 4 is 23.5 Å². The van der Waals surface area contributed by atoms with Crippen LogP contribution < -0.4 is 5.43 Å². The highest BCUT2D eigenvalue weighted by Gasteiger charge is 2.33. The fourth-order valence-corrected chi connectivity index (χ4v) is 2.57.